The minimum Gasteiger partial charge on any atom is -0.481 e. The molecule has 3 heterocycles. The Balaban J connectivity index is 1.73. The van der Waals surface area contributed by atoms with Crippen LogP contribution in [0.5, 0.6) is 5.88 Å². The molecule has 3 aromatic heterocycles. The summed E-state index contributed by atoms with van der Waals surface area (Å²) in [5, 5.41) is 0.782. The molecular formula is C29H34N5O6P. The summed E-state index contributed by atoms with van der Waals surface area (Å²) in [5.41, 5.74) is 4.60. The molecule has 1 amide bonds. The first kappa shape index (κ1) is 30.1. The summed E-state index contributed by atoms with van der Waals surface area (Å²) < 4.78 is 29.2. The Morgan fingerprint density at radius 1 is 1.07 bits per heavy atom. The Bertz CT molecular complexity index is 1600. The zero-order valence-corrected chi connectivity index (χ0v) is 24.6. The van der Waals surface area contributed by atoms with E-state index < -0.39 is 7.82 Å². The fourth-order valence-electron chi connectivity index (χ4n) is 4.18. The molecule has 0 fully saturated rings. The van der Waals surface area contributed by atoms with Crippen LogP contribution in [-0.2, 0) is 25.1 Å². The first-order valence-electron chi connectivity index (χ1n) is 12.9. The second kappa shape index (κ2) is 13.2. The number of aromatic nitrogens is 3. The van der Waals surface area contributed by atoms with E-state index in [2.05, 4.69) is 9.97 Å². The molecule has 12 heteroatoms. The molecule has 11 nitrogen and oxygen atoms in total. The number of pyridine rings is 2. The number of benzene rings is 1. The van der Waals surface area contributed by atoms with Crippen LogP contribution in [0.4, 0.5) is 5.69 Å². The summed E-state index contributed by atoms with van der Waals surface area (Å²) in [7, 11) is 2.94. The Labute approximate surface area is 239 Å². The number of amides is 1. The van der Waals surface area contributed by atoms with Crippen LogP contribution >= 0.6 is 7.82 Å². The summed E-state index contributed by atoms with van der Waals surface area (Å²) in [6.45, 7) is 2.07. The van der Waals surface area contributed by atoms with Crippen molar-refractivity contribution >= 4 is 30.5 Å². The molecule has 0 aliphatic carbocycles. The number of anilines is 1. The Morgan fingerprint density at radius 3 is 2.61 bits per heavy atom. The van der Waals surface area contributed by atoms with Crippen LogP contribution in [0.15, 0.2) is 73.2 Å². The number of phosphoric ester groups is 1. The van der Waals surface area contributed by atoms with Crippen LogP contribution in [-0.4, -0.2) is 71.6 Å². The quantitative estimate of drug-likeness (QED) is 0.183. The number of rotatable bonds is 12. The van der Waals surface area contributed by atoms with E-state index in [1.54, 1.807) is 61.3 Å². The minimum absolute atomic E-state index is 0.0378. The number of methoxy groups -OCH3 is 1. The van der Waals surface area contributed by atoms with Crippen molar-refractivity contribution in [3.05, 3.63) is 73.2 Å². The summed E-state index contributed by atoms with van der Waals surface area (Å²) in [4.78, 5) is 35.1. The summed E-state index contributed by atoms with van der Waals surface area (Å²) in [6.07, 6.45) is 8.55. The van der Waals surface area contributed by atoms with Crippen molar-refractivity contribution in [2.45, 2.75) is 13.7 Å². The molecule has 0 aliphatic heterocycles. The van der Waals surface area contributed by atoms with E-state index in [1.165, 1.54) is 0 Å². The number of fused-ring (bicyclic) bond motifs is 1. The molecule has 1 N–H and O–H groups in total. The van der Waals surface area contributed by atoms with Crippen molar-refractivity contribution < 1.29 is 28.0 Å². The lowest BCUT2D eigenvalue weighted by Crippen LogP contribution is -2.24. The highest BCUT2D eigenvalue weighted by atomic mass is 31.2. The summed E-state index contributed by atoms with van der Waals surface area (Å²) in [5.74, 6) is 0.316. The summed E-state index contributed by atoms with van der Waals surface area (Å²) in [6, 6.07) is 13.3. The van der Waals surface area contributed by atoms with Gasteiger partial charge in [-0.2, -0.15) is 0 Å². The predicted octanol–water partition coefficient (Wildman–Crippen LogP) is 4.97. The fourth-order valence-corrected chi connectivity index (χ4v) is 4.85. The minimum atomic E-state index is -4.22. The number of nitrogens with zero attached hydrogens (tertiary/aromatic N) is 5. The van der Waals surface area contributed by atoms with Crippen molar-refractivity contribution in [1.82, 2.24) is 19.4 Å². The van der Waals surface area contributed by atoms with Gasteiger partial charge in [0.1, 0.15) is 12.4 Å². The molecule has 216 valence electrons. The molecule has 0 spiro atoms. The van der Waals surface area contributed by atoms with Gasteiger partial charge in [-0.25, -0.2) is 14.5 Å². The van der Waals surface area contributed by atoms with E-state index in [9.17, 15) is 14.3 Å². The molecule has 0 radical (unpaired) electrons. The molecule has 0 bridgehead atoms. The second-order valence-electron chi connectivity index (χ2n) is 9.45. The summed E-state index contributed by atoms with van der Waals surface area (Å²) >= 11 is 0. The normalized spacial score (nSPS) is 13.1. The Morgan fingerprint density at radius 2 is 1.88 bits per heavy atom. The Kier molecular flexibility index (Phi) is 9.69. The van der Waals surface area contributed by atoms with Gasteiger partial charge >= 0.3 is 7.82 Å². The maximum absolute atomic E-state index is 12.7. The lowest BCUT2D eigenvalue weighted by molar-refractivity contribution is -0.113. The lowest BCUT2D eigenvalue weighted by atomic mass is 10.0. The lowest BCUT2D eigenvalue weighted by Gasteiger charge is -2.17. The van der Waals surface area contributed by atoms with Gasteiger partial charge in [-0.3, -0.25) is 13.8 Å². The maximum Gasteiger partial charge on any atom is 0.473 e. The monoisotopic (exact) mass is 579 g/mol. The SMILES string of the molecule is CCOP(=O)(O)OCn1cc(-c2ccnc(OC)c2)c2cc(-c3cccc(N(C)C(=O)C=CCN(C)C)c3)cnc21. The van der Waals surface area contributed by atoms with Crippen LogP contribution in [0, 0.1) is 0 Å². The van der Waals surface area contributed by atoms with Gasteiger partial charge in [-0.1, -0.05) is 18.2 Å². The van der Waals surface area contributed by atoms with E-state index >= 15 is 0 Å². The highest BCUT2D eigenvalue weighted by molar-refractivity contribution is 7.47. The Hall–Kier alpha value is -3.86. The molecule has 41 heavy (non-hydrogen) atoms. The van der Waals surface area contributed by atoms with E-state index in [0.29, 0.717) is 18.1 Å². The third-order valence-corrected chi connectivity index (χ3v) is 7.28. The van der Waals surface area contributed by atoms with Crippen LogP contribution in [0.25, 0.3) is 33.3 Å². The van der Waals surface area contributed by atoms with Gasteiger partial charge in [0.2, 0.25) is 11.8 Å². The van der Waals surface area contributed by atoms with Crippen LogP contribution in [0.1, 0.15) is 6.92 Å². The first-order valence-corrected chi connectivity index (χ1v) is 14.4. The van der Waals surface area contributed by atoms with Crippen LogP contribution in [0.3, 0.4) is 0 Å². The fraction of sp³-hybridized carbons (Fsp3) is 0.276. The number of hydrogen-bond donors (Lipinski definition) is 1. The zero-order valence-electron chi connectivity index (χ0n) is 23.7. The van der Waals surface area contributed by atoms with Gasteiger partial charge in [0.25, 0.3) is 0 Å². The van der Waals surface area contributed by atoms with Gasteiger partial charge in [-0.05, 0) is 56.4 Å². The van der Waals surface area contributed by atoms with Crippen molar-refractivity contribution in [2.24, 2.45) is 0 Å². The third-order valence-electron chi connectivity index (χ3n) is 6.25. The van der Waals surface area contributed by atoms with Crippen molar-refractivity contribution in [2.75, 3.05) is 46.3 Å². The van der Waals surface area contributed by atoms with E-state index in [-0.39, 0.29) is 19.2 Å². The number of ether oxygens (including phenoxy) is 1. The first-order chi connectivity index (χ1) is 19.6. The van der Waals surface area contributed by atoms with E-state index in [4.69, 9.17) is 13.8 Å². The topological polar surface area (TPSA) is 119 Å². The molecule has 4 rings (SSSR count). The van der Waals surface area contributed by atoms with E-state index in [1.807, 2.05) is 61.5 Å². The molecule has 4 aromatic rings. The molecule has 1 unspecified atom stereocenters. The number of phosphoric acid groups is 1. The van der Waals surface area contributed by atoms with Crippen LogP contribution < -0.4 is 9.64 Å². The van der Waals surface area contributed by atoms with Gasteiger partial charge in [0, 0.05) is 66.5 Å². The standard InChI is InChI=1S/C29H34N5O6P/c1-6-39-41(36,37)40-20-34-19-26(22-12-13-30-27(17-22)38-5)25-16-23(18-31-29(25)34)21-9-7-10-24(15-21)33(4)28(35)11-8-14-32(2)3/h7-13,15-19H,6,14,20H2,1-5H3,(H,36,37). The third kappa shape index (κ3) is 7.46. The van der Waals surface area contributed by atoms with Crippen molar-refractivity contribution in [3.8, 4) is 28.1 Å². The average molecular weight is 580 g/mol. The van der Waals surface area contributed by atoms with Crippen LogP contribution in [0.2, 0.25) is 0 Å². The average Bonchev–Trinajstić information content (AvgIpc) is 3.33. The largest absolute Gasteiger partial charge is 0.481 e. The smallest absolute Gasteiger partial charge is 0.473 e. The molecular weight excluding hydrogens is 545 g/mol. The molecule has 0 aliphatic rings. The van der Waals surface area contributed by atoms with E-state index in [0.717, 1.165) is 33.3 Å². The van der Waals surface area contributed by atoms with Gasteiger partial charge in [0.15, 0.2) is 0 Å². The number of carbonyl (C=O) groups excluding carboxylic acids is 1. The predicted molar refractivity (Wildman–Crippen MR) is 159 cm³/mol. The molecule has 1 atom stereocenters. The van der Waals surface area contributed by atoms with Crippen molar-refractivity contribution in [1.29, 1.82) is 0 Å². The number of likely N-dealkylation sites (N-methyl/N-ethyl adjacent to an activating group) is 2. The van der Waals surface area contributed by atoms with Gasteiger partial charge < -0.3 is 24.0 Å². The van der Waals surface area contributed by atoms with Crippen molar-refractivity contribution in [3.63, 3.8) is 0 Å². The highest BCUT2D eigenvalue weighted by Crippen LogP contribution is 2.44. The maximum atomic E-state index is 12.7. The number of carbonyl (C=O) groups is 1. The van der Waals surface area contributed by atoms with Gasteiger partial charge in [-0.15, -0.1) is 0 Å². The highest BCUT2D eigenvalue weighted by Gasteiger charge is 2.22. The van der Waals surface area contributed by atoms with Gasteiger partial charge in [0.05, 0.1) is 13.7 Å². The zero-order chi connectivity index (χ0) is 29.6. The molecule has 0 saturated carbocycles. The molecule has 1 aromatic carbocycles. The molecule has 0 saturated heterocycles. The second-order valence-corrected chi connectivity index (χ2v) is 10.9. The number of hydrogen-bond acceptors (Lipinski definition) is 8.